The fourth-order valence-electron chi connectivity index (χ4n) is 7.17. The Morgan fingerprint density at radius 1 is 0.962 bits per heavy atom. The van der Waals surface area contributed by atoms with Gasteiger partial charge < -0.3 is 19.4 Å². The first-order chi connectivity index (χ1) is 25.3. The van der Waals surface area contributed by atoms with Crippen molar-refractivity contribution >= 4 is 46.6 Å². The van der Waals surface area contributed by atoms with Crippen LogP contribution in [0.3, 0.4) is 0 Å². The highest BCUT2D eigenvalue weighted by Crippen LogP contribution is 2.40. The Balaban J connectivity index is 0.000000241. The van der Waals surface area contributed by atoms with Gasteiger partial charge in [0.15, 0.2) is 12.4 Å². The van der Waals surface area contributed by atoms with Gasteiger partial charge in [-0.25, -0.2) is 14.1 Å². The SMILES string of the molecule is CCCCCOC(=O)COc1cc(N2C(=O)C3=C(CCCC3)C2=O)c(F)cc1Cl.CCO/N=C(\CC)C1=C(O)CC(c2c(C)cc(C)cc2C)CC1=O. The number of oxime groups is 1. The van der Waals surface area contributed by atoms with E-state index in [9.17, 15) is 28.7 Å². The number of aliphatic hydroxyl groups excluding tert-OH is 1. The first-order valence-electron chi connectivity index (χ1n) is 18.4. The quantitative estimate of drug-likeness (QED) is 0.0705. The number of aryl methyl sites for hydroxylation is 3. The van der Waals surface area contributed by atoms with E-state index in [1.165, 1.54) is 28.3 Å². The summed E-state index contributed by atoms with van der Waals surface area (Å²) in [5.41, 5.74) is 6.32. The Kier molecular flexibility index (Phi) is 14.8. The minimum atomic E-state index is -0.814. The molecule has 2 amide bonds. The van der Waals surface area contributed by atoms with Crippen LogP contribution in [-0.4, -0.2) is 54.2 Å². The fourth-order valence-corrected chi connectivity index (χ4v) is 7.37. The number of allylic oxidation sites excluding steroid dienone is 2. The normalized spacial score (nSPS) is 17.5. The number of rotatable bonds is 13. The third kappa shape index (κ3) is 9.93. The minimum absolute atomic E-state index is 0.000883. The first-order valence-corrected chi connectivity index (χ1v) is 18.8. The molecule has 0 fully saturated rings. The maximum Gasteiger partial charge on any atom is 0.344 e. The molecule has 286 valence electrons. The number of amides is 2. The molecular weight excluding hydrogens is 703 g/mol. The van der Waals surface area contributed by atoms with Gasteiger partial charge in [-0.15, -0.1) is 0 Å². The maximum atomic E-state index is 14.5. The van der Waals surface area contributed by atoms with Gasteiger partial charge in [0.05, 0.1) is 28.6 Å². The highest BCUT2D eigenvalue weighted by atomic mass is 35.5. The van der Waals surface area contributed by atoms with Gasteiger partial charge in [-0.2, -0.15) is 0 Å². The molecule has 53 heavy (non-hydrogen) atoms. The molecule has 0 radical (unpaired) electrons. The lowest BCUT2D eigenvalue weighted by Crippen LogP contribution is -2.32. The van der Waals surface area contributed by atoms with Crippen molar-refractivity contribution in [2.45, 2.75) is 112 Å². The van der Waals surface area contributed by atoms with E-state index in [1.807, 2.05) is 20.8 Å². The number of imide groups is 1. The number of ether oxygens (including phenoxy) is 2. The zero-order valence-corrected chi connectivity index (χ0v) is 32.3. The molecule has 0 saturated carbocycles. The van der Waals surface area contributed by atoms with Crippen LogP contribution in [0.5, 0.6) is 5.75 Å². The summed E-state index contributed by atoms with van der Waals surface area (Å²) in [5, 5.41) is 14.5. The third-order valence-electron chi connectivity index (χ3n) is 9.50. The lowest BCUT2D eigenvalue weighted by atomic mass is 9.78. The van der Waals surface area contributed by atoms with Crippen LogP contribution in [0.2, 0.25) is 5.02 Å². The molecule has 3 aliphatic rings. The van der Waals surface area contributed by atoms with Crippen molar-refractivity contribution in [1.82, 2.24) is 0 Å². The summed E-state index contributed by atoms with van der Waals surface area (Å²) in [7, 11) is 0. The molecule has 0 spiro atoms. The molecule has 1 unspecified atom stereocenters. The Morgan fingerprint density at radius 2 is 1.60 bits per heavy atom. The van der Waals surface area contributed by atoms with Crippen LogP contribution >= 0.6 is 11.6 Å². The summed E-state index contributed by atoms with van der Waals surface area (Å²) in [6.07, 6.45) is 6.82. The number of nitrogens with zero attached hydrogens (tertiary/aromatic N) is 2. The standard InChI is InChI=1S/C21H23ClFNO5.C20H27NO3/c1-2-3-6-9-28-19(25)12-29-18-11-17(16(23)10-15(18)22)24-20(26)13-7-4-5-8-14(13)21(24)27;1-6-16(21-24-7-2)20-17(22)10-15(11-18(20)23)19-13(4)8-12(3)9-14(19)5/h10-11H,2-9,12H2,1H3;8-9,15,22H,6-7,10-11H2,1-5H3/b;21-16+. The topological polar surface area (TPSA) is 132 Å². The van der Waals surface area contributed by atoms with Crippen molar-refractivity contribution in [1.29, 1.82) is 0 Å². The molecule has 0 aromatic heterocycles. The molecule has 1 N–H and O–H groups in total. The number of benzene rings is 2. The van der Waals surface area contributed by atoms with E-state index in [1.54, 1.807) is 0 Å². The lowest BCUT2D eigenvalue weighted by molar-refractivity contribution is -0.146. The van der Waals surface area contributed by atoms with Gasteiger partial charge in [0.1, 0.15) is 23.9 Å². The van der Waals surface area contributed by atoms with Crippen LogP contribution in [0.15, 0.2) is 51.9 Å². The van der Waals surface area contributed by atoms with Crippen LogP contribution in [0, 0.1) is 26.6 Å². The number of unbranched alkanes of at least 4 members (excludes halogenated alkanes) is 2. The second kappa shape index (κ2) is 19.0. The first kappa shape index (κ1) is 41.2. The van der Waals surface area contributed by atoms with E-state index >= 15 is 0 Å². The number of halogens is 2. The lowest BCUT2D eigenvalue weighted by Gasteiger charge is -2.27. The van der Waals surface area contributed by atoms with Gasteiger partial charge in [0.25, 0.3) is 11.8 Å². The molecular formula is C41H50ClFN2O8. The molecule has 0 saturated heterocycles. The predicted molar refractivity (Wildman–Crippen MR) is 202 cm³/mol. The maximum absolute atomic E-state index is 14.5. The van der Waals surface area contributed by atoms with Gasteiger partial charge in [-0.05, 0) is 94.9 Å². The second-order valence-corrected chi connectivity index (χ2v) is 13.9. The number of aliphatic hydroxyl groups is 1. The number of Topliss-reactive ketones (excluding diaryl/α,β-unsaturated/α-hetero) is 1. The van der Waals surface area contributed by atoms with E-state index < -0.39 is 30.2 Å². The van der Waals surface area contributed by atoms with Gasteiger partial charge in [-0.1, -0.05) is 61.1 Å². The third-order valence-corrected chi connectivity index (χ3v) is 9.80. The summed E-state index contributed by atoms with van der Waals surface area (Å²) in [4.78, 5) is 55.7. The summed E-state index contributed by atoms with van der Waals surface area (Å²) in [5.74, 6) is -2.30. The number of anilines is 1. The highest BCUT2D eigenvalue weighted by molar-refractivity contribution is 6.34. The van der Waals surface area contributed by atoms with E-state index in [4.69, 9.17) is 25.9 Å². The van der Waals surface area contributed by atoms with E-state index in [0.29, 0.717) is 67.7 Å². The number of carbonyl (C=O) groups is 4. The molecule has 1 atom stereocenters. The van der Waals surface area contributed by atoms with Crippen molar-refractivity contribution < 1.29 is 43.0 Å². The molecule has 2 aliphatic carbocycles. The van der Waals surface area contributed by atoms with Gasteiger partial charge in [0.2, 0.25) is 0 Å². The number of hydrogen-bond donors (Lipinski definition) is 1. The average molecular weight is 753 g/mol. The largest absolute Gasteiger partial charge is 0.511 e. The van der Waals surface area contributed by atoms with E-state index in [2.05, 4.69) is 38.1 Å². The van der Waals surface area contributed by atoms with Gasteiger partial charge >= 0.3 is 5.97 Å². The molecule has 10 nitrogen and oxygen atoms in total. The van der Waals surface area contributed by atoms with Crippen LogP contribution in [0.25, 0.3) is 0 Å². The second-order valence-electron chi connectivity index (χ2n) is 13.5. The van der Waals surface area contributed by atoms with E-state index in [-0.39, 0.29) is 33.9 Å². The highest BCUT2D eigenvalue weighted by Gasteiger charge is 2.41. The Labute approximate surface area is 316 Å². The van der Waals surface area contributed by atoms with Crippen molar-refractivity contribution in [3.8, 4) is 5.75 Å². The van der Waals surface area contributed by atoms with Crippen molar-refractivity contribution in [3.05, 3.63) is 79.8 Å². The molecule has 1 aliphatic heterocycles. The van der Waals surface area contributed by atoms with Gasteiger partial charge in [-0.3, -0.25) is 14.4 Å². The van der Waals surface area contributed by atoms with Gasteiger partial charge in [0, 0.05) is 30.1 Å². The molecule has 5 rings (SSSR count). The number of hydrogen-bond acceptors (Lipinski definition) is 9. The molecule has 2 aromatic rings. The molecule has 2 aromatic carbocycles. The van der Waals surface area contributed by atoms with Crippen LogP contribution in [0.4, 0.5) is 10.1 Å². The van der Waals surface area contributed by atoms with Crippen molar-refractivity contribution in [2.24, 2.45) is 5.16 Å². The number of ketones is 1. The molecule has 0 bridgehead atoms. The molecule has 1 heterocycles. The predicted octanol–water partition coefficient (Wildman–Crippen LogP) is 9.01. The summed E-state index contributed by atoms with van der Waals surface area (Å²) < 4.78 is 25.0. The Bertz CT molecular complexity index is 1780. The van der Waals surface area contributed by atoms with Crippen LogP contribution < -0.4 is 9.64 Å². The Hall–Kier alpha value is -4.51. The monoisotopic (exact) mass is 752 g/mol. The zero-order chi connectivity index (χ0) is 38.8. The van der Waals surface area contributed by atoms with Crippen LogP contribution in [-0.2, 0) is 28.8 Å². The average Bonchev–Trinajstić information content (AvgIpc) is 3.36. The summed E-state index contributed by atoms with van der Waals surface area (Å²) >= 11 is 6.02. The zero-order valence-electron chi connectivity index (χ0n) is 31.5. The van der Waals surface area contributed by atoms with Crippen molar-refractivity contribution in [2.75, 3.05) is 24.7 Å². The molecule has 12 heteroatoms. The van der Waals surface area contributed by atoms with Crippen molar-refractivity contribution in [3.63, 3.8) is 0 Å². The Morgan fingerprint density at radius 3 is 2.17 bits per heavy atom. The number of esters is 1. The fraction of sp³-hybridized carbons (Fsp3) is 0.488. The number of carbonyl (C=O) groups excluding carboxylic acids is 4. The minimum Gasteiger partial charge on any atom is -0.511 e. The summed E-state index contributed by atoms with van der Waals surface area (Å²) in [6, 6.07) is 6.42. The van der Waals surface area contributed by atoms with Crippen LogP contribution in [0.1, 0.15) is 113 Å². The van der Waals surface area contributed by atoms with E-state index in [0.717, 1.165) is 43.1 Å². The summed E-state index contributed by atoms with van der Waals surface area (Å²) in [6.45, 7) is 12.3. The smallest absolute Gasteiger partial charge is 0.344 e.